The van der Waals surface area contributed by atoms with E-state index >= 15 is 0 Å². The lowest BCUT2D eigenvalue weighted by atomic mass is 10.3. The van der Waals surface area contributed by atoms with Crippen LogP contribution in [0.5, 0.6) is 0 Å². The molecule has 0 saturated carbocycles. The number of aromatic amines is 1. The van der Waals surface area contributed by atoms with Crippen molar-refractivity contribution < 1.29 is 0 Å². The first-order valence-electron chi connectivity index (χ1n) is 7.40. The molecule has 0 radical (unpaired) electrons. The van der Waals surface area contributed by atoms with Crippen molar-refractivity contribution in [2.24, 2.45) is 0 Å². The van der Waals surface area contributed by atoms with Gasteiger partial charge < -0.3 is 4.90 Å². The van der Waals surface area contributed by atoms with E-state index in [-0.39, 0.29) is 5.56 Å². The zero-order chi connectivity index (χ0) is 16.8. The van der Waals surface area contributed by atoms with Crippen LogP contribution in [0.15, 0.2) is 21.4 Å². The van der Waals surface area contributed by atoms with Crippen molar-refractivity contribution in [3.05, 3.63) is 37.0 Å². The topological polar surface area (TPSA) is 76.3 Å². The van der Waals surface area contributed by atoms with Gasteiger partial charge in [0.05, 0.1) is 10.0 Å². The Hall–Kier alpha value is -1.64. The number of rotatable bonds is 2. The molecule has 3 N–H and O–H groups in total. The zero-order valence-electron chi connectivity index (χ0n) is 12.4. The maximum atomic E-state index is 12.4. The van der Waals surface area contributed by atoms with E-state index in [2.05, 4.69) is 41.6 Å². The van der Waals surface area contributed by atoms with E-state index in [0.717, 1.165) is 30.4 Å². The molecule has 1 aromatic carbocycles. The van der Waals surface area contributed by atoms with Gasteiger partial charge in [0.1, 0.15) is 5.69 Å². The number of anilines is 4. The van der Waals surface area contributed by atoms with Gasteiger partial charge in [0.25, 0.3) is 5.56 Å². The first kappa shape index (κ1) is 15.9. The van der Waals surface area contributed by atoms with E-state index in [9.17, 15) is 4.79 Å². The summed E-state index contributed by atoms with van der Waals surface area (Å²) in [5.74, 6) is 1.01. The van der Waals surface area contributed by atoms with Crippen LogP contribution in [0.25, 0.3) is 0 Å². The van der Waals surface area contributed by atoms with Crippen LogP contribution in [-0.4, -0.2) is 23.1 Å². The summed E-state index contributed by atoms with van der Waals surface area (Å²) < 4.78 is 0.769. The van der Waals surface area contributed by atoms with E-state index in [4.69, 9.17) is 23.2 Å². The normalized spacial score (nSPS) is 16.1. The van der Waals surface area contributed by atoms with Crippen LogP contribution in [0, 0.1) is 0 Å². The summed E-state index contributed by atoms with van der Waals surface area (Å²) in [6.45, 7) is 1.78. The predicted molar refractivity (Wildman–Crippen MR) is 100 cm³/mol. The predicted octanol–water partition coefficient (Wildman–Crippen LogP) is 3.61. The van der Waals surface area contributed by atoms with Crippen molar-refractivity contribution >= 4 is 62.3 Å². The SMILES string of the molecule is O=c1[nH]c(N2CCCC2)nc2c1NN(c1c(Cl)cc(Br)cc1Cl)N2. The molecule has 1 fully saturated rings. The number of fused-ring (bicyclic) bond motifs is 1. The molecule has 10 heteroatoms. The largest absolute Gasteiger partial charge is 0.342 e. The van der Waals surface area contributed by atoms with Gasteiger partial charge in [-0.1, -0.05) is 39.1 Å². The number of hydrogen-bond acceptors (Lipinski definition) is 6. The number of halogens is 3. The molecule has 0 spiro atoms. The maximum Gasteiger partial charge on any atom is 0.279 e. The highest BCUT2D eigenvalue weighted by Gasteiger charge is 2.28. The summed E-state index contributed by atoms with van der Waals surface area (Å²) in [4.78, 5) is 21.8. The van der Waals surface area contributed by atoms with Gasteiger partial charge in [0.2, 0.25) is 5.95 Å². The zero-order valence-corrected chi connectivity index (χ0v) is 15.5. The summed E-state index contributed by atoms with van der Waals surface area (Å²) in [5.41, 5.74) is 6.58. The van der Waals surface area contributed by atoms with Crippen LogP contribution in [-0.2, 0) is 0 Å². The van der Waals surface area contributed by atoms with Gasteiger partial charge in [-0.15, -0.1) is 0 Å². The number of hydrogen-bond donors (Lipinski definition) is 3. The standard InChI is InChI=1S/C14H13BrCl2N6O/c15-7-5-8(16)11(9(17)6-7)23-20-10-12(21-23)18-14(19-13(10)24)22-3-1-2-4-22/h5-6,20H,1-4H2,(H2,18,19,21,24). The first-order chi connectivity index (χ1) is 11.5. The lowest BCUT2D eigenvalue weighted by Crippen LogP contribution is -2.31. The Balaban J connectivity index is 1.69. The second kappa shape index (κ2) is 6.02. The van der Waals surface area contributed by atoms with E-state index in [1.165, 1.54) is 5.12 Å². The maximum absolute atomic E-state index is 12.4. The second-order valence-corrected chi connectivity index (χ2v) is 7.31. The van der Waals surface area contributed by atoms with Crippen LogP contribution < -0.4 is 26.4 Å². The van der Waals surface area contributed by atoms with Crippen LogP contribution >= 0.6 is 39.1 Å². The fourth-order valence-electron chi connectivity index (χ4n) is 2.83. The minimum absolute atomic E-state index is 0.249. The Labute approximate surface area is 156 Å². The van der Waals surface area contributed by atoms with Crippen LogP contribution in [0.2, 0.25) is 10.0 Å². The number of benzene rings is 1. The molecule has 0 atom stereocenters. The Bertz CT molecular complexity index is 844. The van der Waals surface area contributed by atoms with E-state index in [0.29, 0.717) is 33.2 Å². The summed E-state index contributed by atoms with van der Waals surface area (Å²) in [6.07, 6.45) is 2.20. The van der Waals surface area contributed by atoms with Crippen LogP contribution in [0.4, 0.5) is 23.1 Å². The van der Waals surface area contributed by atoms with Gasteiger partial charge in [0.15, 0.2) is 11.5 Å². The van der Waals surface area contributed by atoms with Crippen molar-refractivity contribution in [3.63, 3.8) is 0 Å². The molecule has 1 aromatic heterocycles. The fraction of sp³-hybridized carbons (Fsp3) is 0.286. The van der Waals surface area contributed by atoms with Crippen molar-refractivity contribution in [2.45, 2.75) is 12.8 Å². The summed E-state index contributed by atoms with van der Waals surface area (Å²) in [6, 6.07) is 3.45. The lowest BCUT2D eigenvalue weighted by molar-refractivity contribution is 0.894. The highest BCUT2D eigenvalue weighted by molar-refractivity contribution is 9.10. The Morgan fingerprint density at radius 1 is 1.12 bits per heavy atom. The van der Waals surface area contributed by atoms with E-state index in [1.807, 2.05) is 0 Å². The Morgan fingerprint density at radius 2 is 1.79 bits per heavy atom. The first-order valence-corrected chi connectivity index (χ1v) is 8.95. The fourth-order valence-corrected chi connectivity index (χ4v) is 4.21. The molecule has 1 saturated heterocycles. The molecule has 0 unspecified atom stereocenters. The van der Waals surface area contributed by atoms with Gasteiger partial charge in [-0.05, 0) is 25.0 Å². The summed E-state index contributed by atoms with van der Waals surface area (Å²) >= 11 is 15.9. The van der Waals surface area contributed by atoms with E-state index < -0.39 is 0 Å². The number of nitrogens with zero attached hydrogens (tertiary/aromatic N) is 3. The Morgan fingerprint density at radius 3 is 2.46 bits per heavy atom. The molecule has 0 amide bonds. The minimum atomic E-state index is -0.249. The molecule has 7 nitrogen and oxygen atoms in total. The minimum Gasteiger partial charge on any atom is -0.342 e. The second-order valence-electron chi connectivity index (χ2n) is 5.58. The monoisotopic (exact) mass is 430 g/mol. The van der Waals surface area contributed by atoms with Crippen molar-refractivity contribution in [1.29, 1.82) is 0 Å². The number of H-pyrrole nitrogens is 1. The third kappa shape index (κ3) is 2.68. The van der Waals surface area contributed by atoms with Crippen molar-refractivity contribution in [3.8, 4) is 0 Å². The van der Waals surface area contributed by atoms with E-state index in [1.54, 1.807) is 12.1 Å². The van der Waals surface area contributed by atoms with Crippen LogP contribution in [0.1, 0.15) is 12.8 Å². The van der Waals surface area contributed by atoms with Crippen molar-refractivity contribution in [1.82, 2.24) is 9.97 Å². The molecule has 126 valence electrons. The molecule has 4 rings (SSSR count). The number of aromatic nitrogens is 2. The van der Waals surface area contributed by atoms with Crippen LogP contribution in [0.3, 0.4) is 0 Å². The number of nitrogens with one attached hydrogen (secondary N) is 3. The molecular formula is C14H13BrCl2N6O. The molecule has 2 aliphatic heterocycles. The molecule has 24 heavy (non-hydrogen) atoms. The average molecular weight is 432 g/mol. The highest BCUT2D eigenvalue weighted by Crippen LogP contribution is 2.39. The molecule has 2 aromatic rings. The molecule has 3 heterocycles. The van der Waals surface area contributed by atoms with Gasteiger partial charge in [0, 0.05) is 17.6 Å². The molecule has 0 aliphatic carbocycles. The molecular weight excluding hydrogens is 419 g/mol. The summed E-state index contributed by atoms with van der Waals surface area (Å²) in [7, 11) is 0. The summed E-state index contributed by atoms with van der Waals surface area (Å²) in [5, 5.41) is 2.36. The number of hydrazine groups is 2. The van der Waals surface area contributed by atoms with Gasteiger partial charge >= 0.3 is 0 Å². The quantitative estimate of drug-likeness (QED) is 0.674. The molecule has 0 bridgehead atoms. The third-order valence-electron chi connectivity index (χ3n) is 3.96. The Kier molecular flexibility index (Phi) is 3.98. The van der Waals surface area contributed by atoms with Gasteiger partial charge in [-0.2, -0.15) is 10.1 Å². The molecule has 2 aliphatic rings. The lowest BCUT2D eigenvalue weighted by Gasteiger charge is -2.21. The smallest absolute Gasteiger partial charge is 0.279 e. The van der Waals surface area contributed by atoms with Gasteiger partial charge in [-0.25, -0.2) is 0 Å². The highest BCUT2D eigenvalue weighted by atomic mass is 79.9. The average Bonchev–Trinajstić information content (AvgIpc) is 3.14. The third-order valence-corrected chi connectivity index (χ3v) is 4.99. The van der Waals surface area contributed by atoms with Crippen molar-refractivity contribution in [2.75, 3.05) is 34.0 Å². The van der Waals surface area contributed by atoms with Gasteiger partial charge in [-0.3, -0.25) is 20.6 Å².